The van der Waals surface area contributed by atoms with E-state index in [9.17, 15) is 14.4 Å². The Morgan fingerprint density at radius 3 is 2.74 bits per heavy atom. The summed E-state index contributed by atoms with van der Waals surface area (Å²) < 4.78 is 2.48. The normalized spacial score (nSPS) is 11.0. The van der Waals surface area contributed by atoms with Crippen LogP contribution < -0.4 is 22.3 Å². The molecule has 0 fully saturated rings. The summed E-state index contributed by atoms with van der Waals surface area (Å²) in [5.74, 6) is 0.0482. The van der Waals surface area contributed by atoms with E-state index >= 15 is 0 Å². The molecule has 0 bridgehead atoms. The number of fused-ring (bicyclic) bond motifs is 1. The van der Waals surface area contributed by atoms with Gasteiger partial charge >= 0.3 is 5.69 Å². The summed E-state index contributed by atoms with van der Waals surface area (Å²) in [7, 11) is 0. The van der Waals surface area contributed by atoms with E-state index in [1.807, 2.05) is 0 Å². The van der Waals surface area contributed by atoms with E-state index < -0.39 is 11.2 Å². The lowest BCUT2D eigenvalue weighted by Crippen LogP contribution is -2.38. The molecule has 10 heteroatoms. The van der Waals surface area contributed by atoms with Crippen molar-refractivity contribution in [1.29, 1.82) is 0 Å². The van der Waals surface area contributed by atoms with E-state index in [0.717, 1.165) is 27.0 Å². The van der Waals surface area contributed by atoms with Gasteiger partial charge in [-0.05, 0) is 36.2 Å². The molecule has 8 nitrogen and oxygen atoms in total. The molecule has 4 rings (SSSR count). The molecule has 0 aliphatic heterocycles. The van der Waals surface area contributed by atoms with Crippen LogP contribution in [0.2, 0.25) is 5.02 Å². The van der Waals surface area contributed by atoms with E-state index in [0.29, 0.717) is 26.1 Å². The fourth-order valence-electron chi connectivity index (χ4n) is 3.14. The zero-order valence-corrected chi connectivity index (χ0v) is 18.0. The van der Waals surface area contributed by atoms with Crippen LogP contribution in [0.4, 0.5) is 5.82 Å². The Labute approximate surface area is 185 Å². The van der Waals surface area contributed by atoms with Crippen molar-refractivity contribution in [3.8, 4) is 0 Å². The number of pyridine rings is 1. The van der Waals surface area contributed by atoms with Crippen molar-refractivity contribution >= 4 is 39.5 Å². The van der Waals surface area contributed by atoms with Crippen LogP contribution in [0.1, 0.15) is 26.4 Å². The topological polar surface area (TPSA) is 111 Å². The van der Waals surface area contributed by atoms with E-state index in [1.165, 1.54) is 10.6 Å². The van der Waals surface area contributed by atoms with Gasteiger partial charge in [-0.25, -0.2) is 9.78 Å². The number of aromatic nitrogens is 3. The van der Waals surface area contributed by atoms with E-state index in [-0.39, 0.29) is 19.0 Å². The molecule has 0 aliphatic rings. The fraction of sp³-hybridized carbons (Fsp3) is 0.143. The van der Waals surface area contributed by atoms with Crippen molar-refractivity contribution in [2.24, 2.45) is 0 Å². The van der Waals surface area contributed by atoms with Gasteiger partial charge in [0.15, 0.2) is 0 Å². The molecule has 4 aromatic rings. The molecule has 1 amide bonds. The van der Waals surface area contributed by atoms with Crippen LogP contribution in [0.3, 0.4) is 0 Å². The fourth-order valence-corrected chi connectivity index (χ4v) is 4.35. The zero-order valence-electron chi connectivity index (χ0n) is 16.5. The maximum absolute atomic E-state index is 13.0. The minimum atomic E-state index is -0.511. The Kier molecular flexibility index (Phi) is 5.62. The lowest BCUT2D eigenvalue weighted by Gasteiger charge is -2.08. The third-order valence-corrected chi connectivity index (χ3v) is 6.19. The average Bonchev–Trinajstić information content (AvgIpc) is 3.21. The van der Waals surface area contributed by atoms with Gasteiger partial charge in [0.25, 0.3) is 11.5 Å². The number of aryl methyl sites for hydroxylation is 1. The predicted molar refractivity (Wildman–Crippen MR) is 121 cm³/mol. The average molecular weight is 456 g/mol. The number of nitrogens with one attached hydrogen (secondary N) is 1. The number of carbonyl (C=O) groups excluding carboxylic acids is 1. The Hall–Kier alpha value is -3.43. The summed E-state index contributed by atoms with van der Waals surface area (Å²) in [4.78, 5) is 43.2. The maximum Gasteiger partial charge on any atom is 0.336 e. The molecule has 1 aromatic carbocycles. The van der Waals surface area contributed by atoms with Gasteiger partial charge in [0.1, 0.15) is 15.5 Å². The van der Waals surface area contributed by atoms with E-state index in [1.54, 1.807) is 49.5 Å². The summed E-state index contributed by atoms with van der Waals surface area (Å²) >= 11 is 7.11. The number of halogens is 1. The number of nitrogens with two attached hydrogens (primary N) is 1. The van der Waals surface area contributed by atoms with Crippen LogP contribution in [0.25, 0.3) is 4.83 Å². The summed E-state index contributed by atoms with van der Waals surface area (Å²) in [6.07, 6.45) is 3.04. The lowest BCUT2D eigenvalue weighted by atomic mass is 10.2. The number of anilines is 1. The first-order chi connectivity index (χ1) is 14.8. The number of hydrogen-bond acceptors (Lipinski definition) is 6. The van der Waals surface area contributed by atoms with Gasteiger partial charge < -0.3 is 11.1 Å². The molecular weight excluding hydrogens is 438 g/mol. The Morgan fingerprint density at radius 2 is 2.03 bits per heavy atom. The largest absolute Gasteiger partial charge is 0.384 e. The number of hydrogen-bond donors (Lipinski definition) is 2. The van der Waals surface area contributed by atoms with Crippen molar-refractivity contribution in [2.45, 2.75) is 20.0 Å². The minimum Gasteiger partial charge on any atom is -0.384 e. The number of thiazole rings is 1. The summed E-state index contributed by atoms with van der Waals surface area (Å²) in [5, 5.41) is 3.31. The van der Waals surface area contributed by atoms with Crippen LogP contribution in [-0.4, -0.2) is 19.9 Å². The zero-order chi connectivity index (χ0) is 22.1. The van der Waals surface area contributed by atoms with Crippen LogP contribution in [0, 0.1) is 6.92 Å². The van der Waals surface area contributed by atoms with Gasteiger partial charge in [-0.2, -0.15) is 0 Å². The lowest BCUT2D eigenvalue weighted by molar-refractivity contribution is 0.0954. The van der Waals surface area contributed by atoms with Gasteiger partial charge in [-0.1, -0.05) is 29.8 Å². The summed E-state index contributed by atoms with van der Waals surface area (Å²) in [6.45, 7) is 1.99. The highest BCUT2D eigenvalue weighted by atomic mass is 35.5. The third kappa shape index (κ3) is 4.23. The summed E-state index contributed by atoms with van der Waals surface area (Å²) in [5.41, 5.74) is 6.57. The molecule has 0 saturated carbocycles. The van der Waals surface area contributed by atoms with Crippen molar-refractivity contribution in [3.05, 3.63) is 96.2 Å². The molecule has 3 aromatic heterocycles. The summed E-state index contributed by atoms with van der Waals surface area (Å²) in [6, 6.07) is 10.4. The molecule has 3 heterocycles. The molecule has 0 saturated heterocycles. The van der Waals surface area contributed by atoms with Crippen LogP contribution in [-0.2, 0) is 13.1 Å². The molecule has 31 heavy (non-hydrogen) atoms. The SMILES string of the molecule is Cc1c(=O)n(Cc2cccc(Cl)c2)c(=O)n2cc(C(=O)NCc3ccc(N)nc3)sc12. The van der Waals surface area contributed by atoms with Crippen molar-refractivity contribution in [1.82, 2.24) is 19.3 Å². The van der Waals surface area contributed by atoms with Gasteiger partial charge in [-0.3, -0.25) is 18.6 Å². The highest BCUT2D eigenvalue weighted by Crippen LogP contribution is 2.19. The minimum absolute atomic E-state index is 0.0868. The molecule has 3 N–H and O–H groups in total. The van der Waals surface area contributed by atoms with Crippen LogP contribution >= 0.6 is 22.9 Å². The number of nitrogen functional groups attached to an aromatic ring is 1. The first kappa shape index (κ1) is 20.8. The van der Waals surface area contributed by atoms with E-state index in [2.05, 4.69) is 10.3 Å². The van der Waals surface area contributed by atoms with E-state index in [4.69, 9.17) is 17.3 Å². The van der Waals surface area contributed by atoms with Gasteiger partial charge in [-0.15, -0.1) is 11.3 Å². The first-order valence-corrected chi connectivity index (χ1v) is 10.5. The van der Waals surface area contributed by atoms with Crippen LogP contribution in [0.15, 0.2) is 58.4 Å². The van der Waals surface area contributed by atoms with Gasteiger partial charge in [0.05, 0.1) is 6.54 Å². The van der Waals surface area contributed by atoms with Crippen LogP contribution in [0.5, 0.6) is 0 Å². The van der Waals surface area contributed by atoms with Crippen molar-refractivity contribution < 1.29 is 4.79 Å². The Balaban J connectivity index is 1.65. The number of carbonyl (C=O) groups is 1. The molecule has 0 aliphatic carbocycles. The smallest absolute Gasteiger partial charge is 0.336 e. The van der Waals surface area contributed by atoms with Crippen molar-refractivity contribution in [3.63, 3.8) is 0 Å². The molecular formula is C21H18ClN5O3S. The second kappa shape index (κ2) is 8.37. The highest BCUT2D eigenvalue weighted by molar-refractivity contribution is 7.19. The van der Waals surface area contributed by atoms with Gasteiger partial charge in [0, 0.05) is 29.5 Å². The monoisotopic (exact) mass is 455 g/mol. The molecule has 158 valence electrons. The Bertz CT molecular complexity index is 1410. The maximum atomic E-state index is 13.0. The molecule has 0 unspecified atom stereocenters. The quantitative estimate of drug-likeness (QED) is 0.480. The van der Waals surface area contributed by atoms with Crippen molar-refractivity contribution in [2.75, 3.05) is 5.73 Å². The Morgan fingerprint density at radius 1 is 1.23 bits per heavy atom. The first-order valence-electron chi connectivity index (χ1n) is 9.32. The number of rotatable bonds is 5. The molecule has 0 spiro atoms. The number of nitrogens with zero attached hydrogens (tertiary/aromatic N) is 3. The molecule has 0 radical (unpaired) electrons. The number of amides is 1. The standard InChI is InChI=1S/C21H18ClN5O3S/c1-12-19(29)26(10-13-3-2-4-15(22)7-13)21(30)27-11-16(31-20(12)27)18(28)25-9-14-5-6-17(23)24-8-14/h2-8,11H,9-10H2,1H3,(H2,23,24)(H,25,28). The highest BCUT2D eigenvalue weighted by Gasteiger charge is 2.17. The molecule has 0 atom stereocenters. The number of benzene rings is 1. The van der Waals surface area contributed by atoms with Gasteiger partial charge in [0.2, 0.25) is 0 Å². The third-order valence-electron chi connectivity index (χ3n) is 4.75. The second-order valence-corrected chi connectivity index (χ2v) is 8.44. The predicted octanol–water partition coefficient (Wildman–Crippen LogP) is 2.44. The second-order valence-electron chi connectivity index (χ2n) is 6.97.